The molecule has 28 heavy (non-hydrogen) atoms. The van der Waals surface area contributed by atoms with Crippen LogP contribution in [0.5, 0.6) is 5.75 Å². The monoisotopic (exact) mass is 379 g/mol. The van der Waals surface area contributed by atoms with Gasteiger partial charge in [-0.15, -0.1) is 0 Å². The molecule has 3 heterocycles. The second-order valence-electron chi connectivity index (χ2n) is 7.40. The molecular weight excluding hydrogens is 354 g/mol. The minimum absolute atomic E-state index is 0.0718. The zero-order chi connectivity index (χ0) is 19.7. The van der Waals surface area contributed by atoms with Gasteiger partial charge in [0.1, 0.15) is 17.1 Å². The summed E-state index contributed by atoms with van der Waals surface area (Å²) in [5.41, 5.74) is 2.77. The van der Waals surface area contributed by atoms with Crippen molar-refractivity contribution in [3.05, 3.63) is 42.0 Å². The molecule has 146 valence electrons. The topological polar surface area (TPSA) is 91.5 Å². The molecule has 1 unspecified atom stereocenters. The number of fused-ring (bicyclic) bond motifs is 1. The summed E-state index contributed by atoms with van der Waals surface area (Å²) in [6.45, 7) is 5.72. The molecule has 8 nitrogen and oxygen atoms in total. The number of nitrogens with zero attached hydrogens (tertiary/aromatic N) is 6. The fraction of sp³-hybridized carbons (Fsp3) is 0.400. The third-order valence-corrected chi connectivity index (χ3v) is 4.87. The molecule has 0 saturated carbocycles. The molecule has 1 aliphatic heterocycles. The highest BCUT2D eigenvalue weighted by atomic mass is 16.3. The molecule has 8 heteroatoms. The van der Waals surface area contributed by atoms with E-state index >= 15 is 0 Å². The standard InChI is InChI=1S/C20H25N7O/c1-13(2)27-12-22-17-19(21-9-8-14-4-6-16(28)7-5-14)24-18(25-20(17)27)15-10-23-26(3)11-15/h4-7,10,12-13,15,28H,8-9,11H2,1-3H3,(H,21,24,25). The highest BCUT2D eigenvalue weighted by Gasteiger charge is 2.23. The largest absolute Gasteiger partial charge is 0.508 e. The van der Waals surface area contributed by atoms with Gasteiger partial charge in [-0.25, -0.2) is 15.0 Å². The summed E-state index contributed by atoms with van der Waals surface area (Å²) in [7, 11) is 1.95. The van der Waals surface area contributed by atoms with Gasteiger partial charge in [0.05, 0.1) is 18.8 Å². The van der Waals surface area contributed by atoms with Crippen molar-refractivity contribution in [3.8, 4) is 5.75 Å². The summed E-state index contributed by atoms with van der Waals surface area (Å²) in [4.78, 5) is 14.2. The third kappa shape index (κ3) is 3.62. The van der Waals surface area contributed by atoms with Gasteiger partial charge in [-0.3, -0.25) is 5.01 Å². The lowest BCUT2D eigenvalue weighted by molar-refractivity contribution is 0.378. The van der Waals surface area contributed by atoms with Gasteiger partial charge in [0.2, 0.25) is 0 Å². The Kier molecular flexibility index (Phi) is 4.85. The number of phenols is 1. The van der Waals surface area contributed by atoms with Crippen LogP contribution in [0.2, 0.25) is 0 Å². The Morgan fingerprint density at radius 3 is 2.68 bits per heavy atom. The van der Waals surface area contributed by atoms with Gasteiger partial charge in [0.25, 0.3) is 0 Å². The van der Waals surface area contributed by atoms with Gasteiger partial charge < -0.3 is 15.0 Å². The van der Waals surface area contributed by atoms with Crippen LogP contribution in [0.15, 0.2) is 35.7 Å². The molecule has 0 amide bonds. The molecule has 3 aromatic rings. The fourth-order valence-electron chi connectivity index (χ4n) is 3.31. The average Bonchev–Trinajstić information content (AvgIpc) is 3.29. The Morgan fingerprint density at radius 2 is 2.00 bits per heavy atom. The number of likely N-dealkylation sites (N-methyl/N-ethyl adjacent to an activating group) is 1. The SMILES string of the molecule is CC(C)n1cnc2c(NCCc3ccc(O)cc3)nc(C3C=NN(C)C3)nc21. The molecule has 2 aromatic heterocycles. The zero-order valence-electron chi connectivity index (χ0n) is 16.4. The predicted molar refractivity (Wildman–Crippen MR) is 110 cm³/mol. The first-order valence-electron chi connectivity index (χ1n) is 9.52. The summed E-state index contributed by atoms with van der Waals surface area (Å²) in [5, 5.41) is 19.1. The van der Waals surface area contributed by atoms with Crippen LogP contribution in [0.1, 0.15) is 37.2 Å². The van der Waals surface area contributed by atoms with Gasteiger partial charge in [-0.1, -0.05) is 12.1 Å². The number of aromatic nitrogens is 4. The zero-order valence-corrected chi connectivity index (χ0v) is 16.4. The molecule has 4 rings (SSSR count). The number of phenolic OH excluding ortho intramolecular Hbond substituents is 1. The number of hydrazone groups is 1. The van der Waals surface area contributed by atoms with Crippen LogP contribution >= 0.6 is 0 Å². The summed E-state index contributed by atoms with van der Waals surface area (Å²) in [5.74, 6) is 1.86. The Labute approximate surface area is 163 Å². The van der Waals surface area contributed by atoms with E-state index in [9.17, 15) is 5.11 Å². The maximum absolute atomic E-state index is 9.42. The van der Waals surface area contributed by atoms with E-state index < -0.39 is 0 Å². The van der Waals surface area contributed by atoms with E-state index in [1.54, 1.807) is 12.1 Å². The van der Waals surface area contributed by atoms with E-state index in [1.807, 2.05) is 36.7 Å². The van der Waals surface area contributed by atoms with Crippen molar-refractivity contribution in [1.29, 1.82) is 0 Å². The van der Waals surface area contributed by atoms with Crippen molar-refractivity contribution >= 4 is 23.2 Å². The van der Waals surface area contributed by atoms with Crippen molar-refractivity contribution in [2.45, 2.75) is 32.2 Å². The van der Waals surface area contributed by atoms with Crippen LogP contribution in [0.4, 0.5) is 5.82 Å². The second-order valence-corrected chi connectivity index (χ2v) is 7.40. The molecule has 0 fully saturated rings. The Morgan fingerprint density at radius 1 is 1.21 bits per heavy atom. The minimum atomic E-state index is 0.0718. The lowest BCUT2D eigenvalue weighted by atomic mass is 10.1. The van der Waals surface area contributed by atoms with E-state index in [1.165, 1.54) is 0 Å². The first kappa shape index (κ1) is 18.2. The molecule has 2 N–H and O–H groups in total. The lowest BCUT2D eigenvalue weighted by Crippen LogP contribution is -2.16. The number of nitrogens with one attached hydrogen (secondary N) is 1. The van der Waals surface area contributed by atoms with Crippen LogP contribution in [0.3, 0.4) is 0 Å². The van der Waals surface area contributed by atoms with E-state index in [4.69, 9.17) is 9.97 Å². The first-order chi connectivity index (χ1) is 13.5. The fourth-order valence-corrected chi connectivity index (χ4v) is 3.31. The number of imidazole rings is 1. The molecule has 0 bridgehead atoms. The van der Waals surface area contributed by atoms with Gasteiger partial charge in [-0.2, -0.15) is 5.10 Å². The summed E-state index contributed by atoms with van der Waals surface area (Å²) in [6.07, 6.45) is 4.55. The minimum Gasteiger partial charge on any atom is -0.508 e. The lowest BCUT2D eigenvalue weighted by Gasteiger charge is -2.14. The van der Waals surface area contributed by atoms with Gasteiger partial charge in [-0.05, 0) is 38.0 Å². The van der Waals surface area contributed by atoms with E-state index in [0.717, 1.165) is 41.3 Å². The quantitative estimate of drug-likeness (QED) is 0.684. The van der Waals surface area contributed by atoms with Gasteiger partial charge in [0.15, 0.2) is 11.5 Å². The number of rotatable bonds is 6. The van der Waals surface area contributed by atoms with Gasteiger partial charge >= 0.3 is 0 Å². The van der Waals surface area contributed by atoms with Crippen molar-refractivity contribution in [2.24, 2.45) is 5.10 Å². The third-order valence-electron chi connectivity index (χ3n) is 4.87. The number of hydrogen-bond donors (Lipinski definition) is 2. The number of hydrogen-bond acceptors (Lipinski definition) is 7. The summed E-state index contributed by atoms with van der Waals surface area (Å²) < 4.78 is 2.07. The molecule has 1 aromatic carbocycles. The molecule has 0 aliphatic carbocycles. The van der Waals surface area contributed by atoms with Crippen molar-refractivity contribution in [2.75, 3.05) is 25.5 Å². The Bertz CT molecular complexity index is 994. The number of anilines is 1. The maximum atomic E-state index is 9.42. The van der Waals surface area contributed by atoms with Crippen molar-refractivity contribution in [3.63, 3.8) is 0 Å². The highest BCUT2D eigenvalue weighted by molar-refractivity contribution is 5.84. The first-order valence-corrected chi connectivity index (χ1v) is 9.52. The highest BCUT2D eigenvalue weighted by Crippen LogP contribution is 2.25. The van der Waals surface area contributed by atoms with Crippen LogP contribution < -0.4 is 5.32 Å². The van der Waals surface area contributed by atoms with Gasteiger partial charge in [0, 0.05) is 25.8 Å². The van der Waals surface area contributed by atoms with Crippen LogP contribution in [-0.2, 0) is 6.42 Å². The van der Waals surface area contributed by atoms with Crippen molar-refractivity contribution in [1.82, 2.24) is 24.5 Å². The number of benzene rings is 1. The van der Waals surface area contributed by atoms with Crippen LogP contribution in [-0.4, -0.2) is 56.0 Å². The maximum Gasteiger partial charge on any atom is 0.166 e. The molecular formula is C20H25N7O. The molecule has 1 aliphatic rings. The number of aromatic hydroxyl groups is 1. The molecule has 0 radical (unpaired) electrons. The van der Waals surface area contributed by atoms with Crippen molar-refractivity contribution < 1.29 is 5.11 Å². The van der Waals surface area contributed by atoms with E-state index in [-0.39, 0.29) is 17.7 Å². The Balaban J connectivity index is 1.61. The normalized spacial score (nSPS) is 16.4. The molecule has 0 saturated heterocycles. The van der Waals surface area contributed by atoms with Crippen LogP contribution in [0, 0.1) is 0 Å². The average molecular weight is 379 g/mol. The molecule has 1 atom stereocenters. The van der Waals surface area contributed by atoms with E-state index in [2.05, 4.69) is 33.8 Å². The Hall–Kier alpha value is -3.16. The second kappa shape index (κ2) is 7.46. The van der Waals surface area contributed by atoms with Crippen LogP contribution in [0.25, 0.3) is 11.2 Å². The predicted octanol–water partition coefficient (Wildman–Crippen LogP) is 2.78. The van der Waals surface area contributed by atoms with E-state index in [0.29, 0.717) is 6.54 Å². The summed E-state index contributed by atoms with van der Waals surface area (Å²) in [6, 6.07) is 7.53. The molecule has 0 spiro atoms. The summed E-state index contributed by atoms with van der Waals surface area (Å²) >= 11 is 0. The smallest absolute Gasteiger partial charge is 0.166 e.